The number of carbonyl (C=O) groups is 1. The summed E-state index contributed by atoms with van der Waals surface area (Å²) in [5.41, 5.74) is 1.99. The van der Waals surface area contributed by atoms with Crippen molar-refractivity contribution in [1.29, 1.82) is 0 Å². The van der Waals surface area contributed by atoms with Crippen LogP contribution in [0.5, 0.6) is 0 Å². The first-order valence-corrected chi connectivity index (χ1v) is 8.08. The van der Waals surface area contributed by atoms with Gasteiger partial charge in [0.15, 0.2) is 4.96 Å². The summed E-state index contributed by atoms with van der Waals surface area (Å²) >= 11 is 1.58. The molecule has 1 aliphatic rings. The smallest absolute Gasteiger partial charge is 0.228 e. The maximum Gasteiger partial charge on any atom is 0.228 e. The maximum absolute atomic E-state index is 12.4. The SMILES string of the molecule is Cc1cn2c(CC(=O)N3CCN(CCO)CC3)csc2n1. The lowest BCUT2D eigenvalue weighted by molar-refractivity contribution is -0.132. The average Bonchev–Trinajstić information content (AvgIpc) is 3.00. The second kappa shape index (κ2) is 6.13. The van der Waals surface area contributed by atoms with E-state index in [4.69, 9.17) is 5.11 Å². The number of carbonyl (C=O) groups excluding carboxylic acids is 1. The number of β-amino-alcohol motifs (C(OH)–C–C–N with tert-alkyl or cyclic N) is 1. The lowest BCUT2D eigenvalue weighted by atomic mass is 10.2. The van der Waals surface area contributed by atoms with Gasteiger partial charge in [0, 0.05) is 50.0 Å². The van der Waals surface area contributed by atoms with Gasteiger partial charge in [0.05, 0.1) is 18.7 Å². The van der Waals surface area contributed by atoms with E-state index in [1.165, 1.54) is 0 Å². The molecular formula is C14H20N4O2S. The van der Waals surface area contributed by atoms with Crippen molar-refractivity contribution in [3.05, 3.63) is 23.0 Å². The quantitative estimate of drug-likeness (QED) is 0.887. The van der Waals surface area contributed by atoms with E-state index in [1.807, 2.05) is 27.8 Å². The van der Waals surface area contributed by atoms with Gasteiger partial charge in [-0.3, -0.25) is 14.1 Å². The highest BCUT2D eigenvalue weighted by molar-refractivity contribution is 7.15. The topological polar surface area (TPSA) is 61.1 Å². The van der Waals surface area contributed by atoms with Crippen molar-refractivity contribution in [3.8, 4) is 0 Å². The molecule has 0 atom stereocenters. The van der Waals surface area contributed by atoms with Crippen molar-refractivity contribution in [3.63, 3.8) is 0 Å². The summed E-state index contributed by atoms with van der Waals surface area (Å²) in [5.74, 6) is 0.171. The van der Waals surface area contributed by atoms with Gasteiger partial charge in [0.1, 0.15) is 0 Å². The standard InChI is InChI=1S/C14H20N4O2S/c1-11-9-18-12(10-21-14(18)15-11)8-13(20)17-4-2-16(3-5-17)6-7-19/h9-10,19H,2-8H2,1H3. The summed E-state index contributed by atoms with van der Waals surface area (Å²) < 4.78 is 2.01. The van der Waals surface area contributed by atoms with Crippen LogP contribution < -0.4 is 0 Å². The molecular weight excluding hydrogens is 288 g/mol. The molecule has 3 rings (SSSR count). The first-order valence-electron chi connectivity index (χ1n) is 7.20. The second-order valence-corrected chi connectivity index (χ2v) is 6.22. The number of aromatic nitrogens is 2. The van der Waals surface area contributed by atoms with Crippen LogP contribution in [0, 0.1) is 6.92 Å². The Bertz CT molecular complexity index is 628. The zero-order chi connectivity index (χ0) is 14.8. The van der Waals surface area contributed by atoms with Crippen molar-refractivity contribution in [2.75, 3.05) is 39.3 Å². The summed E-state index contributed by atoms with van der Waals surface area (Å²) in [6.45, 7) is 6.02. The van der Waals surface area contributed by atoms with Gasteiger partial charge >= 0.3 is 0 Å². The molecule has 0 saturated carbocycles. The molecule has 0 aliphatic carbocycles. The summed E-state index contributed by atoms with van der Waals surface area (Å²) in [4.78, 5) is 21.9. The number of thiazole rings is 1. The van der Waals surface area contributed by atoms with Gasteiger partial charge in [-0.1, -0.05) is 0 Å². The fourth-order valence-corrected chi connectivity index (χ4v) is 3.62. The van der Waals surface area contributed by atoms with E-state index in [0.717, 1.165) is 42.5 Å². The number of hydrogen-bond donors (Lipinski definition) is 1. The van der Waals surface area contributed by atoms with Crippen LogP contribution in [0.2, 0.25) is 0 Å². The molecule has 1 amide bonds. The summed E-state index contributed by atoms with van der Waals surface area (Å²) in [6.07, 6.45) is 2.41. The van der Waals surface area contributed by atoms with Crippen LogP contribution in [0.3, 0.4) is 0 Å². The van der Waals surface area contributed by atoms with Crippen molar-refractivity contribution in [1.82, 2.24) is 19.2 Å². The number of aryl methyl sites for hydroxylation is 1. The molecule has 2 aromatic heterocycles. The molecule has 2 aromatic rings. The Balaban J connectivity index is 1.61. The largest absolute Gasteiger partial charge is 0.395 e. The molecule has 7 heteroatoms. The van der Waals surface area contributed by atoms with Crippen LogP contribution in [-0.4, -0.2) is 69.5 Å². The predicted octanol–water partition coefficient (Wildman–Crippen LogP) is 0.383. The number of imidazole rings is 1. The van der Waals surface area contributed by atoms with E-state index >= 15 is 0 Å². The van der Waals surface area contributed by atoms with Crippen molar-refractivity contribution >= 4 is 22.2 Å². The van der Waals surface area contributed by atoms with Gasteiger partial charge in [-0.15, -0.1) is 11.3 Å². The maximum atomic E-state index is 12.4. The van der Waals surface area contributed by atoms with Gasteiger partial charge in [0.2, 0.25) is 5.91 Å². The Hall–Kier alpha value is -1.44. The summed E-state index contributed by atoms with van der Waals surface area (Å²) in [7, 11) is 0. The molecule has 1 N–H and O–H groups in total. The number of amides is 1. The molecule has 3 heterocycles. The number of rotatable bonds is 4. The first kappa shape index (κ1) is 14.5. The van der Waals surface area contributed by atoms with Crippen molar-refractivity contribution in [2.45, 2.75) is 13.3 Å². The summed E-state index contributed by atoms with van der Waals surface area (Å²) in [6, 6.07) is 0. The normalized spacial score (nSPS) is 16.8. The van der Waals surface area contributed by atoms with Crippen LogP contribution in [0.15, 0.2) is 11.6 Å². The molecule has 114 valence electrons. The average molecular weight is 308 g/mol. The Morgan fingerprint density at radius 1 is 1.38 bits per heavy atom. The highest BCUT2D eigenvalue weighted by Crippen LogP contribution is 2.17. The fraction of sp³-hybridized carbons (Fsp3) is 0.571. The van der Waals surface area contributed by atoms with Gasteiger partial charge in [0.25, 0.3) is 0 Å². The highest BCUT2D eigenvalue weighted by Gasteiger charge is 2.21. The third-order valence-corrected chi connectivity index (χ3v) is 4.77. The predicted molar refractivity (Wildman–Crippen MR) is 81.6 cm³/mol. The minimum absolute atomic E-state index is 0.171. The number of fused-ring (bicyclic) bond motifs is 1. The minimum Gasteiger partial charge on any atom is -0.395 e. The zero-order valence-electron chi connectivity index (χ0n) is 12.2. The van der Waals surface area contributed by atoms with Crippen LogP contribution in [0.25, 0.3) is 4.96 Å². The van der Waals surface area contributed by atoms with E-state index in [2.05, 4.69) is 9.88 Å². The Labute approximate surface area is 127 Å². The molecule has 0 spiro atoms. The van der Waals surface area contributed by atoms with Crippen LogP contribution in [0.4, 0.5) is 0 Å². The second-order valence-electron chi connectivity index (χ2n) is 5.38. The first-order chi connectivity index (χ1) is 10.2. The highest BCUT2D eigenvalue weighted by atomic mass is 32.1. The van der Waals surface area contributed by atoms with Gasteiger partial charge in [-0.25, -0.2) is 4.98 Å². The lowest BCUT2D eigenvalue weighted by Crippen LogP contribution is -2.49. The summed E-state index contributed by atoms with van der Waals surface area (Å²) in [5, 5.41) is 11.0. The number of nitrogens with zero attached hydrogens (tertiary/aromatic N) is 4. The van der Waals surface area contributed by atoms with Crippen LogP contribution in [0.1, 0.15) is 11.4 Å². The van der Waals surface area contributed by atoms with E-state index in [1.54, 1.807) is 11.3 Å². The minimum atomic E-state index is 0.171. The fourth-order valence-electron chi connectivity index (χ4n) is 2.70. The van der Waals surface area contributed by atoms with Gasteiger partial charge in [-0.05, 0) is 6.92 Å². The van der Waals surface area contributed by atoms with Crippen molar-refractivity contribution in [2.24, 2.45) is 0 Å². The van der Waals surface area contributed by atoms with E-state index in [-0.39, 0.29) is 12.5 Å². The van der Waals surface area contributed by atoms with E-state index in [0.29, 0.717) is 13.0 Å². The Morgan fingerprint density at radius 3 is 2.86 bits per heavy atom. The van der Waals surface area contributed by atoms with Gasteiger partial charge in [-0.2, -0.15) is 0 Å². The molecule has 0 bridgehead atoms. The van der Waals surface area contributed by atoms with E-state index in [9.17, 15) is 4.79 Å². The number of hydrogen-bond acceptors (Lipinski definition) is 5. The van der Waals surface area contributed by atoms with Gasteiger partial charge < -0.3 is 10.0 Å². The molecule has 0 radical (unpaired) electrons. The Kier molecular flexibility index (Phi) is 4.23. The third-order valence-electron chi connectivity index (χ3n) is 3.88. The number of aliphatic hydroxyl groups is 1. The Morgan fingerprint density at radius 2 is 2.14 bits per heavy atom. The monoisotopic (exact) mass is 308 g/mol. The van der Waals surface area contributed by atoms with Crippen molar-refractivity contribution < 1.29 is 9.90 Å². The van der Waals surface area contributed by atoms with Crippen LogP contribution >= 0.6 is 11.3 Å². The van der Waals surface area contributed by atoms with Crippen LogP contribution in [-0.2, 0) is 11.2 Å². The molecule has 0 aromatic carbocycles. The number of piperazine rings is 1. The molecule has 6 nitrogen and oxygen atoms in total. The molecule has 21 heavy (non-hydrogen) atoms. The third kappa shape index (κ3) is 3.09. The molecule has 0 unspecified atom stereocenters. The van der Waals surface area contributed by atoms with E-state index < -0.39 is 0 Å². The zero-order valence-corrected chi connectivity index (χ0v) is 13.0. The molecule has 1 saturated heterocycles. The molecule has 1 fully saturated rings. The lowest BCUT2D eigenvalue weighted by Gasteiger charge is -2.34. The number of aliphatic hydroxyl groups excluding tert-OH is 1. The molecule has 1 aliphatic heterocycles.